The van der Waals surface area contributed by atoms with Crippen molar-refractivity contribution in [3.63, 3.8) is 0 Å². The van der Waals surface area contributed by atoms with E-state index in [1.807, 2.05) is 0 Å². The minimum absolute atomic E-state index is 0.0539. The van der Waals surface area contributed by atoms with Crippen LogP contribution >= 0.6 is 11.6 Å². The van der Waals surface area contributed by atoms with Crippen molar-refractivity contribution in [2.45, 2.75) is 13.0 Å². The molecule has 1 unspecified atom stereocenters. The van der Waals surface area contributed by atoms with Gasteiger partial charge in [0.25, 0.3) is 0 Å². The van der Waals surface area contributed by atoms with Gasteiger partial charge in [-0.05, 0) is 6.92 Å². The van der Waals surface area contributed by atoms with Crippen LogP contribution in [0.5, 0.6) is 5.88 Å². The van der Waals surface area contributed by atoms with Gasteiger partial charge in [-0.2, -0.15) is 0 Å². The topological polar surface area (TPSA) is 55.2 Å². The standard InChI is InChI=1S/C7H9ClN2O2/c1-5(3-11)12-7-2-6(8)9-4-10-7/h2,4-5,11H,3H2,1H3. The predicted molar refractivity (Wildman–Crippen MR) is 44.2 cm³/mol. The van der Waals surface area contributed by atoms with E-state index in [4.69, 9.17) is 21.4 Å². The van der Waals surface area contributed by atoms with Crippen LogP contribution in [0.1, 0.15) is 6.92 Å². The first kappa shape index (κ1) is 9.22. The zero-order valence-corrected chi connectivity index (χ0v) is 7.32. The first-order valence-electron chi connectivity index (χ1n) is 3.47. The zero-order valence-electron chi connectivity index (χ0n) is 6.57. The van der Waals surface area contributed by atoms with Crippen LogP contribution in [-0.4, -0.2) is 27.8 Å². The second-order valence-corrected chi connectivity index (χ2v) is 2.68. The fourth-order valence-electron chi connectivity index (χ4n) is 0.625. The van der Waals surface area contributed by atoms with Gasteiger partial charge >= 0.3 is 0 Å². The third kappa shape index (κ3) is 2.64. The van der Waals surface area contributed by atoms with E-state index in [0.29, 0.717) is 11.0 Å². The summed E-state index contributed by atoms with van der Waals surface area (Å²) in [5.41, 5.74) is 0. The Morgan fingerprint density at radius 1 is 1.67 bits per heavy atom. The predicted octanol–water partition coefficient (Wildman–Crippen LogP) is 0.890. The van der Waals surface area contributed by atoms with E-state index in [9.17, 15) is 0 Å². The van der Waals surface area contributed by atoms with Gasteiger partial charge in [0.05, 0.1) is 6.61 Å². The average molecular weight is 189 g/mol. The summed E-state index contributed by atoms with van der Waals surface area (Å²) < 4.78 is 5.16. The number of nitrogens with zero attached hydrogens (tertiary/aromatic N) is 2. The third-order valence-corrected chi connectivity index (χ3v) is 1.39. The first-order chi connectivity index (χ1) is 5.72. The minimum atomic E-state index is -0.282. The molecule has 0 aliphatic rings. The molecule has 0 amide bonds. The maximum Gasteiger partial charge on any atom is 0.218 e. The van der Waals surface area contributed by atoms with Crippen molar-refractivity contribution in [1.82, 2.24) is 9.97 Å². The molecular weight excluding hydrogens is 180 g/mol. The van der Waals surface area contributed by atoms with Crippen LogP contribution in [0.25, 0.3) is 0 Å². The average Bonchev–Trinajstić information content (AvgIpc) is 2.04. The molecule has 5 heteroatoms. The molecule has 12 heavy (non-hydrogen) atoms. The highest BCUT2D eigenvalue weighted by Crippen LogP contribution is 2.11. The Bertz CT molecular complexity index is 257. The van der Waals surface area contributed by atoms with Gasteiger partial charge in [0.2, 0.25) is 5.88 Å². The van der Waals surface area contributed by atoms with Crippen molar-refractivity contribution in [3.05, 3.63) is 17.5 Å². The van der Waals surface area contributed by atoms with E-state index in [-0.39, 0.29) is 12.7 Å². The molecule has 1 aromatic heterocycles. The lowest BCUT2D eigenvalue weighted by Gasteiger charge is -2.09. The van der Waals surface area contributed by atoms with Crippen LogP contribution in [0.15, 0.2) is 12.4 Å². The number of aliphatic hydroxyl groups excluding tert-OH is 1. The second kappa shape index (κ2) is 4.23. The van der Waals surface area contributed by atoms with Crippen LogP contribution in [0.3, 0.4) is 0 Å². The van der Waals surface area contributed by atoms with Crippen molar-refractivity contribution in [2.24, 2.45) is 0 Å². The second-order valence-electron chi connectivity index (χ2n) is 2.29. The Hall–Kier alpha value is -0.870. The summed E-state index contributed by atoms with van der Waals surface area (Å²) in [6.45, 7) is 1.68. The van der Waals surface area contributed by atoms with Crippen LogP contribution in [-0.2, 0) is 0 Å². The molecular formula is C7H9ClN2O2. The molecule has 0 saturated heterocycles. The monoisotopic (exact) mass is 188 g/mol. The van der Waals surface area contributed by atoms with Crippen molar-refractivity contribution >= 4 is 11.6 Å². The Morgan fingerprint density at radius 3 is 3.00 bits per heavy atom. The Balaban J connectivity index is 2.63. The maximum absolute atomic E-state index is 8.66. The lowest BCUT2D eigenvalue weighted by Crippen LogP contribution is -2.16. The lowest BCUT2D eigenvalue weighted by atomic mass is 10.4. The zero-order chi connectivity index (χ0) is 8.97. The summed E-state index contributed by atoms with van der Waals surface area (Å²) in [6.07, 6.45) is 1.03. The van der Waals surface area contributed by atoms with E-state index in [1.165, 1.54) is 12.4 Å². The van der Waals surface area contributed by atoms with Gasteiger partial charge in [0, 0.05) is 6.07 Å². The van der Waals surface area contributed by atoms with Crippen molar-refractivity contribution < 1.29 is 9.84 Å². The molecule has 0 aliphatic heterocycles. The number of halogens is 1. The molecule has 0 spiro atoms. The quantitative estimate of drug-likeness (QED) is 0.716. The number of hydrogen-bond acceptors (Lipinski definition) is 4. The Morgan fingerprint density at radius 2 is 2.42 bits per heavy atom. The molecule has 1 atom stereocenters. The van der Waals surface area contributed by atoms with Gasteiger partial charge in [-0.1, -0.05) is 11.6 Å². The van der Waals surface area contributed by atoms with E-state index in [2.05, 4.69) is 9.97 Å². The van der Waals surface area contributed by atoms with Gasteiger partial charge in [-0.15, -0.1) is 0 Å². The number of rotatable bonds is 3. The number of hydrogen-bond donors (Lipinski definition) is 1. The lowest BCUT2D eigenvalue weighted by molar-refractivity contribution is 0.125. The highest BCUT2D eigenvalue weighted by molar-refractivity contribution is 6.29. The normalized spacial score (nSPS) is 12.6. The number of ether oxygens (including phenoxy) is 1. The van der Waals surface area contributed by atoms with E-state index < -0.39 is 0 Å². The SMILES string of the molecule is CC(CO)Oc1cc(Cl)ncn1. The van der Waals surface area contributed by atoms with Gasteiger partial charge < -0.3 is 9.84 Å². The smallest absolute Gasteiger partial charge is 0.218 e. The maximum atomic E-state index is 8.66. The number of aromatic nitrogens is 2. The van der Waals surface area contributed by atoms with Crippen molar-refractivity contribution in [1.29, 1.82) is 0 Å². The van der Waals surface area contributed by atoms with E-state index in [1.54, 1.807) is 6.92 Å². The molecule has 1 N–H and O–H groups in total. The fraction of sp³-hybridized carbons (Fsp3) is 0.429. The largest absolute Gasteiger partial charge is 0.472 e. The Labute approximate surface area is 75.2 Å². The fourth-order valence-corrected chi connectivity index (χ4v) is 0.762. The van der Waals surface area contributed by atoms with Gasteiger partial charge in [-0.3, -0.25) is 0 Å². The molecule has 0 fully saturated rings. The molecule has 0 aromatic carbocycles. The molecule has 66 valence electrons. The number of aliphatic hydroxyl groups is 1. The van der Waals surface area contributed by atoms with Gasteiger partial charge in [0.1, 0.15) is 17.6 Å². The minimum Gasteiger partial charge on any atom is -0.472 e. The summed E-state index contributed by atoms with van der Waals surface area (Å²) in [6, 6.07) is 1.49. The summed E-state index contributed by atoms with van der Waals surface area (Å²) in [5.74, 6) is 0.372. The first-order valence-corrected chi connectivity index (χ1v) is 3.85. The molecule has 0 bridgehead atoms. The summed E-state index contributed by atoms with van der Waals surface area (Å²) in [5, 5.41) is 8.99. The van der Waals surface area contributed by atoms with Crippen LogP contribution in [0.2, 0.25) is 5.15 Å². The summed E-state index contributed by atoms with van der Waals surface area (Å²) >= 11 is 5.58. The molecule has 0 saturated carbocycles. The molecule has 1 rings (SSSR count). The van der Waals surface area contributed by atoms with Gasteiger partial charge in [-0.25, -0.2) is 9.97 Å². The highest BCUT2D eigenvalue weighted by atomic mass is 35.5. The molecule has 1 heterocycles. The van der Waals surface area contributed by atoms with E-state index in [0.717, 1.165) is 0 Å². The molecule has 0 aliphatic carbocycles. The summed E-state index contributed by atoms with van der Waals surface area (Å²) in [4.78, 5) is 7.48. The van der Waals surface area contributed by atoms with Crippen LogP contribution < -0.4 is 4.74 Å². The van der Waals surface area contributed by atoms with E-state index >= 15 is 0 Å². The third-order valence-electron chi connectivity index (χ3n) is 1.19. The molecule has 0 radical (unpaired) electrons. The van der Waals surface area contributed by atoms with Crippen LogP contribution in [0.4, 0.5) is 0 Å². The Kier molecular flexibility index (Phi) is 3.25. The van der Waals surface area contributed by atoms with Gasteiger partial charge in [0.15, 0.2) is 0 Å². The van der Waals surface area contributed by atoms with Crippen molar-refractivity contribution in [3.8, 4) is 5.88 Å². The highest BCUT2D eigenvalue weighted by Gasteiger charge is 2.03. The molecule has 1 aromatic rings. The van der Waals surface area contributed by atoms with Crippen LogP contribution in [0, 0.1) is 0 Å². The van der Waals surface area contributed by atoms with Crippen molar-refractivity contribution in [2.75, 3.05) is 6.61 Å². The molecule has 4 nitrogen and oxygen atoms in total. The summed E-state index contributed by atoms with van der Waals surface area (Å²) in [7, 11) is 0.